The van der Waals surface area contributed by atoms with Gasteiger partial charge in [0.05, 0.1) is 12.4 Å². The van der Waals surface area contributed by atoms with Gasteiger partial charge in [-0.2, -0.15) is 9.97 Å². The first-order valence-corrected chi connectivity index (χ1v) is 14.4. The third-order valence-corrected chi connectivity index (χ3v) is 8.42. The molecule has 0 atom stereocenters. The van der Waals surface area contributed by atoms with Gasteiger partial charge < -0.3 is 14.8 Å². The van der Waals surface area contributed by atoms with Gasteiger partial charge in [-0.25, -0.2) is 4.98 Å². The minimum atomic E-state index is 0.280. The lowest BCUT2D eigenvalue weighted by atomic mass is 9.91. The van der Waals surface area contributed by atoms with Gasteiger partial charge in [-0.05, 0) is 61.4 Å². The quantitative estimate of drug-likeness (QED) is 0.304. The lowest BCUT2D eigenvalue weighted by Crippen LogP contribution is -2.45. The van der Waals surface area contributed by atoms with Crippen LogP contribution in [0.25, 0.3) is 11.2 Å². The van der Waals surface area contributed by atoms with E-state index in [1.165, 1.54) is 22.3 Å². The molecule has 0 unspecified atom stereocenters. The molecule has 7 heteroatoms. The molecule has 0 bridgehead atoms. The molecule has 1 aliphatic heterocycles. The first-order chi connectivity index (χ1) is 19.2. The van der Waals surface area contributed by atoms with Gasteiger partial charge in [0.15, 0.2) is 17.0 Å². The highest BCUT2D eigenvalue weighted by atomic mass is 15.3. The molecule has 7 nitrogen and oxygen atoms in total. The largest absolute Gasteiger partial charge is 0.365 e. The van der Waals surface area contributed by atoms with E-state index in [1.54, 1.807) is 0 Å². The molecule has 202 valence electrons. The lowest BCUT2D eigenvalue weighted by Gasteiger charge is -2.41. The zero-order valence-electron chi connectivity index (χ0n) is 23.2. The van der Waals surface area contributed by atoms with Gasteiger partial charge in [-0.15, -0.1) is 6.58 Å². The zero-order valence-corrected chi connectivity index (χ0v) is 23.2. The molecular weight excluding hydrogens is 482 g/mol. The third-order valence-electron chi connectivity index (χ3n) is 8.42. The van der Waals surface area contributed by atoms with E-state index in [4.69, 9.17) is 9.97 Å². The second-order valence-corrected chi connectivity index (χ2v) is 10.8. The van der Waals surface area contributed by atoms with Gasteiger partial charge in [0, 0.05) is 32.2 Å². The molecule has 3 heterocycles. The predicted octanol–water partition coefficient (Wildman–Crippen LogP) is 5.62. The van der Waals surface area contributed by atoms with Gasteiger partial charge in [0.2, 0.25) is 5.95 Å². The molecule has 0 saturated carbocycles. The maximum Gasteiger partial charge on any atom is 0.229 e. The van der Waals surface area contributed by atoms with Crippen LogP contribution in [-0.2, 0) is 19.4 Å². The van der Waals surface area contributed by atoms with Gasteiger partial charge >= 0.3 is 0 Å². The summed E-state index contributed by atoms with van der Waals surface area (Å²) in [6.07, 6.45) is 9.12. The highest BCUT2D eigenvalue weighted by Gasteiger charge is 2.33. The van der Waals surface area contributed by atoms with Crippen LogP contribution in [0.3, 0.4) is 0 Å². The second kappa shape index (κ2) is 11.2. The average Bonchev–Trinajstić information content (AvgIpc) is 3.30. The van der Waals surface area contributed by atoms with E-state index in [9.17, 15) is 0 Å². The Bertz CT molecular complexity index is 1400. The Morgan fingerprint density at radius 3 is 2.31 bits per heavy atom. The van der Waals surface area contributed by atoms with E-state index in [1.807, 2.05) is 12.4 Å². The number of nitrogens with one attached hydrogen (secondary N) is 1. The SMILES string of the molecule is C=CCNc1nc(N2CCC(N(C)C3c4ccccc4CCc4ccccc43)CC2)nc2c1ncn2CCC. The van der Waals surface area contributed by atoms with Crippen LogP contribution in [0.1, 0.15) is 54.5 Å². The summed E-state index contributed by atoms with van der Waals surface area (Å²) in [6.45, 7) is 9.43. The smallest absolute Gasteiger partial charge is 0.229 e. The van der Waals surface area contributed by atoms with Gasteiger partial charge in [0.25, 0.3) is 0 Å². The van der Waals surface area contributed by atoms with Crippen LogP contribution in [0.15, 0.2) is 67.5 Å². The van der Waals surface area contributed by atoms with E-state index in [0.29, 0.717) is 12.6 Å². The maximum atomic E-state index is 5.01. The molecule has 4 aromatic rings. The summed E-state index contributed by atoms with van der Waals surface area (Å²) < 4.78 is 2.14. The van der Waals surface area contributed by atoms with Gasteiger partial charge in [-0.3, -0.25) is 4.90 Å². The topological polar surface area (TPSA) is 62.1 Å². The minimum absolute atomic E-state index is 0.280. The normalized spacial score (nSPS) is 16.2. The van der Waals surface area contributed by atoms with Crippen molar-refractivity contribution in [1.82, 2.24) is 24.4 Å². The number of piperidine rings is 1. The molecule has 1 fully saturated rings. The Morgan fingerprint density at radius 1 is 1.00 bits per heavy atom. The van der Waals surface area contributed by atoms with Crippen LogP contribution in [-0.4, -0.2) is 57.1 Å². The van der Waals surface area contributed by atoms with Crippen molar-refractivity contribution in [1.29, 1.82) is 0 Å². The van der Waals surface area contributed by atoms with E-state index >= 15 is 0 Å². The molecule has 2 aromatic carbocycles. The van der Waals surface area contributed by atoms with Crippen LogP contribution >= 0.6 is 0 Å². The molecule has 2 aromatic heterocycles. The molecule has 0 spiro atoms. The Morgan fingerprint density at radius 2 is 1.67 bits per heavy atom. The Labute approximate surface area is 231 Å². The number of nitrogens with zero attached hydrogens (tertiary/aromatic N) is 6. The number of hydrogen-bond donors (Lipinski definition) is 1. The number of imidazole rings is 1. The average molecular weight is 522 g/mol. The Balaban J connectivity index is 1.25. The number of hydrogen-bond acceptors (Lipinski definition) is 6. The summed E-state index contributed by atoms with van der Waals surface area (Å²) in [4.78, 5) is 19.6. The van der Waals surface area contributed by atoms with Crippen molar-refractivity contribution in [3.05, 3.63) is 89.8 Å². The number of fused-ring (bicyclic) bond motifs is 3. The summed E-state index contributed by atoms with van der Waals surface area (Å²) >= 11 is 0. The molecule has 2 aliphatic rings. The molecule has 39 heavy (non-hydrogen) atoms. The number of aromatic nitrogens is 4. The summed E-state index contributed by atoms with van der Waals surface area (Å²) in [6, 6.07) is 18.9. The van der Waals surface area contributed by atoms with Crippen LogP contribution in [0.2, 0.25) is 0 Å². The molecule has 1 aliphatic carbocycles. The van der Waals surface area contributed by atoms with Crippen LogP contribution < -0.4 is 10.2 Å². The Hall–Kier alpha value is -3.71. The first-order valence-electron chi connectivity index (χ1n) is 14.4. The van der Waals surface area contributed by atoms with E-state index in [0.717, 1.165) is 74.7 Å². The Kier molecular flexibility index (Phi) is 7.33. The molecule has 6 rings (SSSR count). The second-order valence-electron chi connectivity index (χ2n) is 10.8. The van der Waals surface area contributed by atoms with Gasteiger partial charge in [0.1, 0.15) is 0 Å². The van der Waals surface area contributed by atoms with Crippen molar-refractivity contribution in [3.8, 4) is 0 Å². The fourth-order valence-electron chi connectivity index (χ4n) is 6.39. The predicted molar refractivity (Wildman–Crippen MR) is 159 cm³/mol. The van der Waals surface area contributed by atoms with Gasteiger partial charge in [-0.1, -0.05) is 61.5 Å². The highest BCUT2D eigenvalue weighted by molar-refractivity contribution is 5.84. The number of benzene rings is 2. The zero-order chi connectivity index (χ0) is 26.8. The summed E-state index contributed by atoms with van der Waals surface area (Å²) in [5, 5.41) is 3.39. The standard InChI is InChI=1S/C32H39N7/c1-4-18-33-30-28-31(39(19-5-2)22-34-28)36-32(35-30)38-20-16-25(17-21-38)37(3)29-26-12-8-6-10-23(26)14-15-24-11-7-9-13-27(24)29/h4,6-13,22,25,29H,1,5,14-21H2,2-3H3,(H,33,35,36). The maximum absolute atomic E-state index is 5.01. The fraction of sp³-hybridized carbons (Fsp3) is 0.406. The van der Waals surface area contributed by atoms with Crippen molar-refractivity contribution < 1.29 is 0 Å². The molecule has 0 amide bonds. The van der Waals surface area contributed by atoms with E-state index < -0.39 is 0 Å². The molecule has 1 saturated heterocycles. The first kappa shape index (κ1) is 25.6. The summed E-state index contributed by atoms with van der Waals surface area (Å²) in [5.41, 5.74) is 7.61. The lowest BCUT2D eigenvalue weighted by molar-refractivity contribution is 0.169. The number of aryl methyl sites for hydroxylation is 3. The molecule has 0 radical (unpaired) electrons. The molecule has 1 N–H and O–H groups in total. The van der Waals surface area contributed by atoms with E-state index in [-0.39, 0.29) is 6.04 Å². The van der Waals surface area contributed by atoms with Crippen molar-refractivity contribution >= 4 is 22.9 Å². The minimum Gasteiger partial charge on any atom is -0.365 e. The van der Waals surface area contributed by atoms with Crippen molar-refractivity contribution in [2.75, 3.05) is 36.9 Å². The van der Waals surface area contributed by atoms with Crippen molar-refractivity contribution in [2.24, 2.45) is 0 Å². The van der Waals surface area contributed by atoms with Crippen LogP contribution in [0.4, 0.5) is 11.8 Å². The van der Waals surface area contributed by atoms with Crippen LogP contribution in [0.5, 0.6) is 0 Å². The summed E-state index contributed by atoms with van der Waals surface area (Å²) in [5.74, 6) is 1.58. The summed E-state index contributed by atoms with van der Waals surface area (Å²) in [7, 11) is 2.33. The number of anilines is 2. The van der Waals surface area contributed by atoms with Crippen molar-refractivity contribution in [3.63, 3.8) is 0 Å². The van der Waals surface area contributed by atoms with Crippen molar-refractivity contribution in [2.45, 2.75) is 57.7 Å². The third kappa shape index (κ3) is 4.91. The highest BCUT2D eigenvalue weighted by Crippen LogP contribution is 2.38. The monoisotopic (exact) mass is 521 g/mol. The molecular formula is C32H39N7. The van der Waals surface area contributed by atoms with E-state index in [2.05, 4.69) is 93.7 Å². The fourth-order valence-corrected chi connectivity index (χ4v) is 6.39. The van der Waals surface area contributed by atoms with Crippen LogP contribution in [0, 0.1) is 0 Å². The number of rotatable bonds is 8.